The molecule has 6 rings (SSSR count). The van der Waals surface area contributed by atoms with Gasteiger partial charge in [-0.15, -0.1) is 11.8 Å². The molecule has 0 amide bonds. The number of ether oxygens (including phenoxy) is 2. The number of aryl methyl sites for hydroxylation is 1. The Morgan fingerprint density at radius 1 is 0.857 bits per heavy atom. The van der Waals surface area contributed by atoms with Gasteiger partial charge in [0.1, 0.15) is 6.61 Å². The molecule has 2 aliphatic rings. The zero-order valence-corrected chi connectivity index (χ0v) is 20.5. The second-order valence-electron chi connectivity index (χ2n) is 8.99. The molecule has 1 heterocycles. The largest absolute Gasteiger partial charge is 0.493 e. The van der Waals surface area contributed by atoms with Crippen LogP contribution in [0.4, 0.5) is 5.69 Å². The van der Waals surface area contributed by atoms with Gasteiger partial charge in [-0.05, 0) is 59.4 Å². The van der Waals surface area contributed by atoms with Gasteiger partial charge in [-0.1, -0.05) is 72.8 Å². The van der Waals surface area contributed by atoms with E-state index < -0.39 is 0 Å². The number of fused-ring (bicyclic) bond motifs is 4. The minimum atomic E-state index is 0.232. The Balaban J connectivity index is 1.40. The molecule has 0 aromatic heterocycles. The number of methoxy groups -OCH3 is 1. The van der Waals surface area contributed by atoms with Crippen LogP contribution in [0.3, 0.4) is 0 Å². The van der Waals surface area contributed by atoms with Gasteiger partial charge >= 0.3 is 0 Å². The van der Waals surface area contributed by atoms with Gasteiger partial charge in [0.2, 0.25) is 0 Å². The predicted molar refractivity (Wildman–Crippen MR) is 143 cm³/mol. The van der Waals surface area contributed by atoms with E-state index in [-0.39, 0.29) is 5.25 Å². The zero-order valence-electron chi connectivity index (χ0n) is 19.7. The van der Waals surface area contributed by atoms with Crippen molar-refractivity contribution in [2.75, 3.05) is 7.11 Å². The van der Waals surface area contributed by atoms with Gasteiger partial charge in [0, 0.05) is 16.1 Å². The molecule has 0 spiro atoms. The maximum Gasteiger partial charge on any atom is 0.161 e. The third-order valence-electron chi connectivity index (χ3n) is 6.85. The molecule has 174 valence electrons. The molecular formula is C31H27NO2S. The van der Waals surface area contributed by atoms with E-state index in [4.69, 9.17) is 14.5 Å². The first-order valence-corrected chi connectivity index (χ1v) is 13.0. The number of benzene rings is 4. The van der Waals surface area contributed by atoms with Gasteiger partial charge in [-0.25, -0.2) is 0 Å². The highest BCUT2D eigenvalue weighted by molar-refractivity contribution is 7.99. The summed E-state index contributed by atoms with van der Waals surface area (Å²) >= 11 is 1.92. The fraction of sp³-hybridized carbons (Fsp3) is 0.194. The van der Waals surface area contributed by atoms with Crippen LogP contribution >= 0.6 is 11.8 Å². The van der Waals surface area contributed by atoms with Crippen molar-refractivity contribution in [3.63, 3.8) is 0 Å². The molecule has 0 unspecified atom stereocenters. The van der Waals surface area contributed by atoms with Crippen LogP contribution < -0.4 is 9.47 Å². The van der Waals surface area contributed by atoms with Gasteiger partial charge in [0.25, 0.3) is 0 Å². The second kappa shape index (κ2) is 9.63. The van der Waals surface area contributed by atoms with E-state index in [1.165, 1.54) is 27.3 Å². The Kier molecular flexibility index (Phi) is 6.05. The number of thioether (sulfide) groups is 1. The molecule has 0 bridgehead atoms. The molecule has 0 fully saturated rings. The lowest BCUT2D eigenvalue weighted by molar-refractivity contribution is 0.284. The molecule has 0 saturated heterocycles. The fourth-order valence-electron chi connectivity index (χ4n) is 5.09. The fourth-order valence-corrected chi connectivity index (χ4v) is 6.47. The quantitative estimate of drug-likeness (QED) is 0.294. The summed E-state index contributed by atoms with van der Waals surface area (Å²) in [4.78, 5) is 6.47. The van der Waals surface area contributed by atoms with Crippen molar-refractivity contribution in [3.05, 3.63) is 119 Å². The van der Waals surface area contributed by atoms with Gasteiger partial charge in [0.05, 0.1) is 18.5 Å². The summed E-state index contributed by atoms with van der Waals surface area (Å²) in [6.07, 6.45) is 2.15. The van der Waals surface area contributed by atoms with Crippen LogP contribution in [0.15, 0.2) is 107 Å². The standard InChI is InChI=1S/C31H27NO2S/c1-33-27-18-16-23(19-28(27)34-20-21-9-3-2-4-10-21)31-25-17-15-22-11-5-6-12-24(22)30(25)32-26-13-7-8-14-29(26)35-31/h2-14,16,18-19,25,31H,15,17,20H2,1H3/t25-,31-/m1/s1. The molecule has 0 radical (unpaired) electrons. The average Bonchev–Trinajstić information content (AvgIpc) is 3.09. The Bertz CT molecular complexity index is 1380. The van der Waals surface area contributed by atoms with Crippen molar-refractivity contribution in [1.29, 1.82) is 0 Å². The summed E-state index contributed by atoms with van der Waals surface area (Å²) in [7, 11) is 1.70. The number of hydrogen-bond acceptors (Lipinski definition) is 4. The normalized spacial score (nSPS) is 18.4. The predicted octanol–water partition coefficient (Wildman–Crippen LogP) is 7.80. The molecule has 4 aromatic carbocycles. The minimum absolute atomic E-state index is 0.232. The maximum absolute atomic E-state index is 6.27. The van der Waals surface area contributed by atoms with Crippen LogP contribution in [0, 0.1) is 5.92 Å². The van der Waals surface area contributed by atoms with Crippen molar-refractivity contribution < 1.29 is 9.47 Å². The van der Waals surface area contributed by atoms with E-state index in [1.807, 2.05) is 36.0 Å². The van der Waals surface area contributed by atoms with E-state index in [0.29, 0.717) is 12.5 Å². The van der Waals surface area contributed by atoms with E-state index in [9.17, 15) is 0 Å². The van der Waals surface area contributed by atoms with Crippen molar-refractivity contribution >= 4 is 23.2 Å². The SMILES string of the molecule is COc1ccc([C@H]2Sc3ccccc3N=C3c4ccccc4CC[C@H]32)cc1OCc1ccccc1. The van der Waals surface area contributed by atoms with E-state index in [1.54, 1.807) is 7.11 Å². The lowest BCUT2D eigenvalue weighted by Crippen LogP contribution is -2.27. The molecule has 0 N–H and O–H groups in total. The van der Waals surface area contributed by atoms with Gasteiger partial charge in [-0.2, -0.15) is 0 Å². The summed E-state index contributed by atoms with van der Waals surface area (Å²) in [5.74, 6) is 1.85. The number of nitrogens with zero attached hydrogens (tertiary/aromatic N) is 1. The van der Waals surface area contributed by atoms with E-state index >= 15 is 0 Å². The number of para-hydroxylation sites is 1. The summed E-state index contributed by atoms with van der Waals surface area (Å²) in [6, 6.07) is 33.9. The van der Waals surface area contributed by atoms with Crippen molar-refractivity contribution in [1.82, 2.24) is 0 Å². The van der Waals surface area contributed by atoms with Crippen LogP contribution in [0.5, 0.6) is 11.5 Å². The number of hydrogen-bond donors (Lipinski definition) is 0. The highest BCUT2D eigenvalue weighted by atomic mass is 32.2. The average molecular weight is 478 g/mol. The maximum atomic E-state index is 6.27. The van der Waals surface area contributed by atoms with Crippen LogP contribution in [0.25, 0.3) is 0 Å². The lowest BCUT2D eigenvalue weighted by Gasteiger charge is -2.32. The molecule has 1 aliphatic heterocycles. The van der Waals surface area contributed by atoms with Gasteiger partial charge < -0.3 is 9.47 Å². The van der Waals surface area contributed by atoms with E-state index in [0.717, 1.165) is 35.6 Å². The highest BCUT2D eigenvalue weighted by Gasteiger charge is 2.36. The monoisotopic (exact) mass is 477 g/mol. The Morgan fingerprint density at radius 2 is 1.66 bits per heavy atom. The first-order chi connectivity index (χ1) is 17.3. The summed E-state index contributed by atoms with van der Waals surface area (Å²) in [5.41, 5.74) is 7.33. The van der Waals surface area contributed by atoms with Crippen LogP contribution in [-0.4, -0.2) is 12.8 Å². The van der Waals surface area contributed by atoms with Crippen LogP contribution in [0.2, 0.25) is 0 Å². The van der Waals surface area contributed by atoms with E-state index in [2.05, 4.69) is 72.8 Å². The van der Waals surface area contributed by atoms with Crippen molar-refractivity contribution in [2.45, 2.75) is 29.6 Å². The number of rotatable bonds is 5. The smallest absolute Gasteiger partial charge is 0.161 e. The molecule has 3 nitrogen and oxygen atoms in total. The zero-order chi connectivity index (χ0) is 23.6. The molecule has 4 aromatic rings. The molecular weight excluding hydrogens is 450 g/mol. The molecule has 0 saturated carbocycles. The van der Waals surface area contributed by atoms with Crippen LogP contribution in [-0.2, 0) is 13.0 Å². The Morgan fingerprint density at radius 3 is 2.54 bits per heavy atom. The van der Waals surface area contributed by atoms with Gasteiger partial charge in [-0.3, -0.25) is 4.99 Å². The number of aliphatic imine (C=N–C) groups is 1. The first kappa shape index (κ1) is 22.0. The first-order valence-electron chi connectivity index (χ1n) is 12.1. The molecule has 1 aliphatic carbocycles. The lowest BCUT2D eigenvalue weighted by atomic mass is 9.78. The van der Waals surface area contributed by atoms with Crippen molar-refractivity contribution in [2.24, 2.45) is 10.9 Å². The molecule has 2 atom stereocenters. The summed E-state index contributed by atoms with van der Waals surface area (Å²) in [5, 5.41) is 0.232. The third kappa shape index (κ3) is 4.35. The topological polar surface area (TPSA) is 30.8 Å². The third-order valence-corrected chi connectivity index (χ3v) is 8.30. The summed E-state index contributed by atoms with van der Waals surface area (Å²) < 4.78 is 11.9. The Hall–Kier alpha value is -3.50. The summed E-state index contributed by atoms with van der Waals surface area (Å²) in [6.45, 7) is 0.505. The van der Waals surface area contributed by atoms with Crippen LogP contribution in [0.1, 0.15) is 33.9 Å². The molecule has 4 heteroatoms. The highest BCUT2D eigenvalue weighted by Crippen LogP contribution is 2.52. The van der Waals surface area contributed by atoms with Gasteiger partial charge in [0.15, 0.2) is 11.5 Å². The molecule has 35 heavy (non-hydrogen) atoms. The Labute approximate surface area is 210 Å². The van der Waals surface area contributed by atoms with Crippen molar-refractivity contribution in [3.8, 4) is 11.5 Å². The minimum Gasteiger partial charge on any atom is -0.493 e. The second-order valence-corrected chi connectivity index (χ2v) is 10.2.